The van der Waals surface area contributed by atoms with Gasteiger partial charge in [-0.25, -0.2) is 4.39 Å². The first-order chi connectivity index (χ1) is 9.22. The van der Waals surface area contributed by atoms with Crippen molar-refractivity contribution in [3.8, 4) is 0 Å². The lowest BCUT2D eigenvalue weighted by Gasteiger charge is -2.19. The van der Waals surface area contributed by atoms with E-state index in [1.54, 1.807) is 12.1 Å². The maximum absolute atomic E-state index is 13.3. The molecular weight excluding hydrogens is 239 g/mol. The topological polar surface area (TPSA) is 29.3 Å². The van der Waals surface area contributed by atoms with Gasteiger partial charge in [0.15, 0.2) is 0 Å². The second kappa shape index (κ2) is 4.92. The summed E-state index contributed by atoms with van der Waals surface area (Å²) >= 11 is 0. The van der Waals surface area contributed by atoms with E-state index in [0.29, 0.717) is 0 Å². The summed E-state index contributed by atoms with van der Waals surface area (Å²) in [4.78, 5) is 2.25. The third-order valence-corrected chi connectivity index (χ3v) is 3.66. The molecule has 2 aromatic carbocycles. The molecule has 3 heteroatoms. The lowest BCUT2D eigenvalue weighted by atomic mass is 10.1. The molecule has 0 bridgehead atoms. The first-order valence-corrected chi connectivity index (χ1v) is 6.60. The van der Waals surface area contributed by atoms with Gasteiger partial charge in [0.05, 0.1) is 0 Å². The zero-order valence-electron chi connectivity index (χ0n) is 10.8. The largest absolute Gasteiger partial charge is 0.399 e. The van der Waals surface area contributed by atoms with Crippen molar-refractivity contribution in [1.82, 2.24) is 0 Å². The molecule has 3 rings (SSSR count). The fourth-order valence-corrected chi connectivity index (χ4v) is 2.66. The molecule has 2 aromatic rings. The van der Waals surface area contributed by atoms with E-state index in [1.165, 1.54) is 11.1 Å². The van der Waals surface area contributed by atoms with Gasteiger partial charge < -0.3 is 10.6 Å². The summed E-state index contributed by atoms with van der Waals surface area (Å²) in [7, 11) is 0. The number of benzene rings is 2. The Morgan fingerprint density at radius 2 is 2.05 bits per heavy atom. The van der Waals surface area contributed by atoms with E-state index in [4.69, 9.17) is 5.73 Å². The summed E-state index contributed by atoms with van der Waals surface area (Å²) in [6.45, 7) is 1.88. The number of hydrogen-bond donors (Lipinski definition) is 1. The first kappa shape index (κ1) is 12.0. The van der Waals surface area contributed by atoms with Gasteiger partial charge in [-0.3, -0.25) is 0 Å². The fourth-order valence-electron chi connectivity index (χ4n) is 2.66. The van der Waals surface area contributed by atoms with Crippen LogP contribution >= 0.6 is 0 Å². The Hall–Kier alpha value is -2.03. The second-order valence-electron chi connectivity index (χ2n) is 5.01. The maximum atomic E-state index is 13.3. The molecule has 0 saturated heterocycles. The molecule has 2 nitrogen and oxygen atoms in total. The van der Waals surface area contributed by atoms with Crippen LogP contribution in [0.15, 0.2) is 42.5 Å². The van der Waals surface area contributed by atoms with Gasteiger partial charge in [0.2, 0.25) is 0 Å². The van der Waals surface area contributed by atoms with Gasteiger partial charge in [-0.15, -0.1) is 0 Å². The molecule has 0 radical (unpaired) electrons. The van der Waals surface area contributed by atoms with Crippen LogP contribution in [0, 0.1) is 5.82 Å². The van der Waals surface area contributed by atoms with Crippen LogP contribution in [0.25, 0.3) is 0 Å². The van der Waals surface area contributed by atoms with E-state index in [9.17, 15) is 4.39 Å². The zero-order valence-corrected chi connectivity index (χ0v) is 10.8. The van der Waals surface area contributed by atoms with Crippen molar-refractivity contribution in [2.24, 2.45) is 0 Å². The average Bonchev–Trinajstić information content (AvgIpc) is 2.79. The van der Waals surface area contributed by atoms with Gasteiger partial charge >= 0.3 is 0 Å². The highest BCUT2D eigenvalue weighted by molar-refractivity contribution is 5.58. The van der Waals surface area contributed by atoms with Crippen molar-refractivity contribution in [2.75, 3.05) is 23.7 Å². The van der Waals surface area contributed by atoms with Crippen LogP contribution in [-0.2, 0) is 12.8 Å². The SMILES string of the molecule is Nc1cccc(CCN2CCc3ccc(F)cc32)c1. The minimum Gasteiger partial charge on any atom is -0.399 e. The number of halogens is 1. The van der Waals surface area contributed by atoms with Gasteiger partial charge in [-0.05, 0) is 48.2 Å². The number of fused-ring (bicyclic) bond motifs is 1. The zero-order chi connectivity index (χ0) is 13.2. The molecule has 2 N–H and O–H groups in total. The van der Waals surface area contributed by atoms with Crippen molar-refractivity contribution < 1.29 is 4.39 Å². The molecule has 98 valence electrons. The smallest absolute Gasteiger partial charge is 0.125 e. The molecule has 0 aromatic heterocycles. The Balaban J connectivity index is 1.71. The minimum atomic E-state index is -0.158. The maximum Gasteiger partial charge on any atom is 0.125 e. The molecular formula is C16H17FN2. The Labute approximate surface area is 112 Å². The van der Waals surface area contributed by atoms with Crippen LogP contribution < -0.4 is 10.6 Å². The lowest BCUT2D eigenvalue weighted by molar-refractivity contribution is 0.627. The Bertz CT molecular complexity index is 595. The molecule has 0 spiro atoms. The van der Waals surface area contributed by atoms with Gasteiger partial charge in [-0.2, -0.15) is 0 Å². The molecule has 0 saturated carbocycles. The minimum absolute atomic E-state index is 0.158. The van der Waals surface area contributed by atoms with E-state index >= 15 is 0 Å². The summed E-state index contributed by atoms with van der Waals surface area (Å²) in [5.41, 5.74) is 10.1. The number of hydrogen-bond acceptors (Lipinski definition) is 2. The van der Waals surface area contributed by atoms with E-state index in [1.807, 2.05) is 24.3 Å². The molecule has 0 unspecified atom stereocenters. The van der Waals surface area contributed by atoms with Crippen molar-refractivity contribution in [3.05, 3.63) is 59.4 Å². The Morgan fingerprint density at radius 3 is 2.89 bits per heavy atom. The van der Waals surface area contributed by atoms with E-state index in [2.05, 4.69) is 11.0 Å². The highest BCUT2D eigenvalue weighted by Gasteiger charge is 2.18. The normalized spacial score (nSPS) is 13.6. The average molecular weight is 256 g/mol. The van der Waals surface area contributed by atoms with Crippen LogP contribution in [0.1, 0.15) is 11.1 Å². The summed E-state index contributed by atoms with van der Waals surface area (Å²) < 4.78 is 13.3. The van der Waals surface area contributed by atoms with Crippen molar-refractivity contribution in [2.45, 2.75) is 12.8 Å². The van der Waals surface area contributed by atoms with Gasteiger partial charge in [0.1, 0.15) is 5.82 Å². The molecule has 0 amide bonds. The van der Waals surface area contributed by atoms with Crippen LogP contribution in [0.4, 0.5) is 15.8 Å². The molecule has 1 heterocycles. The van der Waals surface area contributed by atoms with Crippen LogP contribution in [-0.4, -0.2) is 13.1 Å². The Morgan fingerprint density at radius 1 is 1.16 bits per heavy atom. The fraction of sp³-hybridized carbons (Fsp3) is 0.250. The van der Waals surface area contributed by atoms with Crippen molar-refractivity contribution in [1.29, 1.82) is 0 Å². The molecule has 1 aliphatic heterocycles. The molecule has 19 heavy (non-hydrogen) atoms. The third kappa shape index (κ3) is 2.55. The predicted octanol–water partition coefficient (Wildman–Crippen LogP) is 3.01. The number of anilines is 2. The van der Waals surface area contributed by atoms with Gasteiger partial charge in [0.25, 0.3) is 0 Å². The van der Waals surface area contributed by atoms with Gasteiger partial charge in [0, 0.05) is 24.5 Å². The number of nitrogen functional groups attached to an aromatic ring is 1. The van der Waals surface area contributed by atoms with Crippen molar-refractivity contribution >= 4 is 11.4 Å². The summed E-state index contributed by atoms with van der Waals surface area (Å²) in [5, 5.41) is 0. The second-order valence-corrected chi connectivity index (χ2v) is 5.01. The number of nitrogens with two attached hydrogens (primary N) is 1. The Kier molecular flexibility index (Phi) is 3.11. The van der Waals surface area contributed by atoms with E-state index in [0.717, 1.165) is 37.3 Å². The highest BCUT2D eigenvalue weighted by Crippen LogP contribution is 2.28. The molecule has 0 atom stereocenters. The molecule has 0 aliphatic carbocycles. The van der Waals surface area contributed by atoms with Crippen molar-refractivity contribution in [3.63, 3.8) is 0 Å². The standard InChI is InChI=1S/C16H17FN2/c17-14-5-4-13-7-9-19(16(13)11-14)8-6-12-2-1-3-15(18)10-12/h1-5,10-11H,6-9,18H2. The van der Waals surface area contributed by atoms with Crippen LogP contribution in [0.5, 0.6) is 0 Å². The third-order valence-electron chi connectivity index (χ3n) is 3.66. The number of rotatable bonds is 3. The molecule has 1 aliphatic rings. The summed E-state index contributed by atoms with van der Waals surface area (Å²) in [6, 6.07) is 13.0. The quantitative estimate of drug-likeness (QED) is 0.855. The lowest BCUT2D eigenvalue weighted by Crippen LogP contribution is -2.23. The first-order valence-electron chi connectivity index (χ1n) is 6.60. The summed E-state index contributed by atoms with van der Waals surface area (Å²) in [6.07, 6.45) is 1.94. The van der Waals surface area contributed by atoms with Crippen LogP contribution in [0.3, 0.4) is 0 Å². The molecule has 0 fully saturated rings. The predicted molar refractivity (Wildman–Crippen MR) is 76.9 cm³/mol. The van der Waals surface area contributed by atoms with E-state index < -0.39 is 0 Å². The van der Waals surface area contributed by atoms with E-state index in [-0.39, 0.29) is 5.82 Å². The number of nitrogens with zero attached hydrogens (tertiary/aromatic N) is 1. The highest BCUT2D eigenvalue weighted by atomic mass is 19.1. The summed E-state index contributed by atoms with van der Waals surface area (Å²) in [5.74, 6) is -0.158. The monoisotopic (exact) mass is 256 g/mol. The van der Waals surface area contributed by atoms with Crippen LogP contribution in [0.2, 0.25) is 0 Å². The van der Waals surface area contributed by atoms with Gasteiger partial charge in [-0.1, -0.05) is 18.2 Å².